The first-order valence-electron chi connectivity index (χ1n) is 13.2. The summed E-state index contributed by atoms with van der Waals surface area (Å²) in [4.78, 5) is 17.5. The summed E-state index contributed by atoms with van der Waals surface area (Å²) < 4.78 is 2.15. The zero-order chi connectivity index (χ0) is 28.4. The number of nitrogens with one attached hydrogen (secondary N) is 1. The highest BCUT2D eigenvalue weighted by Crippen LogP contribution is 2.39. The van der Waals surface area contributed by atoms with Gasteiger partial charge in [0.1, 0.15) is 5.75 Å². The number of benzene rings is 3. The number of aryl methyl sites for hydroxylation is 1. The van der Waals surface area contributed by atoms with E-state index in [2.05, 4.69) is 93.9 Å². The first-order valence-corrected chi connectivity index (χ1v) is 14.1. The minimum Gasteiger partial charge on any atom is -0.507 e. The van der Waals surface area contributed by atoms with Crippen molar-refractivity contribution >= 4 is 34.9 Å². The molecule has 39 heavy (non-hydrogen) atoms. The summed E-state index contributed by atoms with van der Waals surface area (Å²) in [5, 5.41) is 15.9. The van der Waals surface area contributed by atoms with Crippen LogP contribution in [-0.2, 0) is 22.2 Å². The van der Waals surface area contributed by atoms with Gasteiger partial charge >= 0.3 is 0 Å². The van der Waals surface area contributed by atoms with Crippen LogP contribution in [0.15, 0.2) is 70.9 Å². The Labute approximate surface area is 235 Å². The van der Waals surface area contributed by atoms with Gasteiger partial charge in [0.2, 0.25) is 0 Å². The third-order valence-corrected chi connectivity index (χ3v) is 7.54. The largest absolute Gasteiger partial charge is 0.507 e. The summed E-state index contributed by atoms with van der Waals surface area (Å²) in [6, 6.07) is 20.4. The Morgan fingerprint density at radius 1 is 1.00 bits per heavy atom. The first-order chi connectivity index (χ1) is 18.3. The number of hydrazone groups is 1. The first kappa shape index (κ1) is 28.4. The topological polar surface area (TPSA) is 79.5 Å². The molecule has 1 aromatic heterocycles. The molecule has 4 rings (SSSR count). The van der Waals surface area contributed by atoms with Gasteiger partial charge in [-0.25, -0.2) is 10.4 Å². The van der Waals surface area contributed by atoms with Crippen molar-refractivity contribution in [3.63, 3.8) is 0 Å². The number of para-hydroxylation sites is 2. The van der Waals surface area contributed by atoms with Crippen molar-refractivity contribution in [1.29, 1.82) is 0 Å². The molecule has 0 aliphatic heterocycles. The lowest BCUT2D eigenvalue weighted by Crippen LogP contribution is -2.20. The second-order valence-electron chi connectivity index (χ2n) is 12.0. The lowest BCUT2D eigenvalue weighted by molar-refractivity contribution is -0.118. The molecule has 1 heterocycles. The van der Waals surface area contributed by atoms with Gasteiger partial charge in [0.15, 0.2) is 5.16 Å². The Balaban J connectivity index is 1.48. The number of carbonyl (C=O) groups is 1. The van der Waals surface area contributed by atoms with E-state index in [0.717, 1.165) is 32.9 Å². The molecule has 0 fully saturated rings. The minimum atomic E-state index is -0.238. The van der Waals surface area contributed by atoms with Gasteiger partial charge in [0.25, 0.3) is 5.91 Å². The van der Waals surface area contributed by atoms with Crippen LogP contribution in [0.5, 0.6) is 5.75 Å². The van der Waals surface area contributed by atoms with Crippen LogP contribution in [0.1, 0.15) is 69.4 Å². The van der Waals surface area contributed by atoms with E-state index in [1.165, 1.54) is 22.9 Å². The minimum absolute atomic E-state index is 0.185. The van der Waals surface area contributed by atoms with Gasteiger partial charge in [-0.15, -0.1) is 0 Å². The van der Waals surface area contributed by atoms with Crippen LogP contribution in [0, 0.1) is 6.92 Å². The molecule has 0 radical (unpaired) electrons. The Morgan fingerprint density at radius 3 is 2.23 bits per heavy atom. The van der Waals surface area contributed by atoms with Crippen LogP contribution >= 0.6 is 11.8 Å². The number of amides is 1. The Morgan fingerprint density at radius 2 is 1.62 bits per heavy atom. The van der Waals surface area contributed by atoms with Crippen LogP contribution in [0.2, 0.25) is 0 Å². The van der Waals surface area contributed by atoms with Crippen LogP contribution in [-0.4, -0.2) is 32.5 Å². The number of carbonyl (C=O) groups excluding carboxylic acids is 1. The van der Waals surface area contributed by atoms with Crippen molar-refractivity contribution in [1.82, 2.24) is 15.0 Å². The molecule has 3 aromatic carbocycles. The molecule has 0 atom stereocenters. The molecular weight excluding hydrogens is 504 g/mol. The van der Waals surface area contributed by atoms with Crippen molar-refractivity contribution in [2.75, 3.05) is 5.75 Å². The maximum atomic E-state index is 12.7. The second-order valence-corrected chi connectivity index (χ2v) is 12.9. The van der Waals surface area contributed by atoms with Crippen LogP contribution in [0.3, 0.4) is 0 Å². The zero-order valence-corrected chi connectivity index (χ0v) is 24.7. The third-order valence-electron chi connectivity index (χ3n) is 6.56. The normalized spacial score (nSPS) is 12.4. The molecule has 204 valence electrons. The molecule has 1 amide bonds. The maximum absolute atomic E-state index is 12.7. The predicted molar refractivity (Wildman–Crippen MR) is 162 cm³/mol. The van der Waals surface area contributed by atoms with E-state index in [4.69, 9.17) is 4.98 Å². The van der Waals surface area contributed by atoms with Crippen LogP contribution in [0.25, 0.3) is 11.0 Å². The fourth-order valence-electron chi connectivity index (χ4n) is 4.41. The van der Waals surface area contributed by atoms with E-state index in [0.29, 0.717) is 12.3 Å². The van der Waals surface area contributed by atoms with Gasteiger partial charge in [-0.2, -0.15) is 5.10 Å². The number of thioether (sulfide) groups is 1. The fourth-order valence-corrected chi connectivity index (χ4v) is 5.21. The molecule has 0 spiro atoms. The number of phenols is 1. The Kier molecular flexibility index (Phi) is 8.21. The van der Waals surface area contributed by atoms with Gasteiger partial charge < -0.3 is 9.67 Å². The quantitative estimate of drug-likeness (QED) is 0.151. The molecule has 0 unspecified atom stereocenters. The highest BCUT2D eigenvalue weighted by molar-refractivity contribution is 7.99. The molecule has 0 aliphatic carbocycles. The molecule has 0 aliphatic rings. The standard InChI is InChI=1S/C32H38N4O2S/c1-21-12-14-22(15-13-21)19-36-27-11-9-8-10-26(27)34-30(36)39-20-28(37)35-33-18-23-16-24(31(2,3)4)29(38)25(17-23)32(5,6)7/h8-18,38H,19-20H2,1-7H3,(H,35,37). The van der Waals surface area contributed by atoms with Crippen molar-refractivity contribution in [2.24, 2.45) is 5.10 Å². The van der Waals surface area contributed by atoms with E-state index >= 15 is 0 Å². The van der Waals surface area contributed by atoms with E-state index in [1.54, 1.807) is 6.21 Å². The summed E-state index contributed by atoms with van der Waals surface area (Å²) in [5.74, 6) is 0.294. The maximum Gasteiger partial charge on any atom is 0.250 e. The van der Waals surface area contributed by atoms with Crippen LogP contribution in [0.4, 0.5) is 0 Å². The number of nitrogens with zero attached hydrogens (tertiary/aromatic N) is 3. The molecule has 0 saturated heterocycles. The summed E-state index contributed by atoms with van der Waals surface area (Å²) in [6.45, 7) is 15.2. The van der Waals surface area contributed by atoms with Gasteiger partial charge in [0, 0.05) is 11.1 Å². The number of fused-ring (bicyclic) bond motifs is 1. The lowest BCUT2D eigenvalue weighted by atomic mass is 9.78. The summed E-state index contributed by atoms with van der Waals surface area (Å²) >= 11 is 1.40. The number of aromatic nitrogens is 2. The number of hydrogen-bond acceptors (Lipinski definition) is 5. The molecule has 0 saturated carbocycles. The molecule has 6 nitrogen and oxygen atoms in total. The van der Waals surface area contributed by atoms with E-state index in [-0.39, 0.29) is 22.5 Å². The highest BCUT2D eigenvalue weighted by atomic mass is 32.2. The number of rotatable bonds is 7. The third kappa shape index (κ3) is 6.90. The number of imidazole rings is 1. The predicted octanol–water partition coefficient (Wildman–Crippen LogP) is 6.94. The second kappa shape index (κ2) is 11.3. The summed E-state index contributed by atoms with van der Waals surface area (Å²) in [7, 11) is 0. The van der Waals surface area contributed by atoms with E-state index in [1.807, 2.05) is 30.3 Å². The number of aromatic hydroxyl groups is 1. The molecule has 7 heteroatoms. The molecule has 0 bridgehead atoms. The van der Waals surface area contributed by atoms with Crippen molar-refractivity contribution in [3.8, 4) is 5.75 Å². The smallest absolute Gasteiger partial charge is 0.250 e. The summed E-state index contributed by atoms with van der Waals surface area (Å²) in [5.41, 5.74) is 9.05. The van der Waals surface area contributed by atoms with Gasteiger partial charge in [0.05, 0.1) is 29.5 Å². The molecular formula is C32H38N4O2S. The zero-order valence-electron chi connectivity index (χ0n) is 23.9. The average Bonchev–Trinajstić information content (AvgIpc) is 3.20. The van der Waals surface area contributed by atoms with Gasteiger partial charge in [-0.1, -0.05) is 95.3 Å². The SMILES string of the molecule is Cc1ccc(Cn2c(SCC(=O)NN=Cc3cc(C(C)(C)C)c(O)c(C(C)(C)C)c3)nc3ccccc32)cc1. The fraction of sp³-hybridized carbons (Fsp3) is 0.344. The number of hydrogen-bond donors (Lipinski definition) is 2. The monoisotopic (exact) mass is 542 g/mol. The molecule has 4 aromatic rings. The van der Waals surface area contributed by atoms with E-state index in [9.17, 15) is 9.90 Å². The van der Waals surface area contributed by atoms with Crippen molar-refractivity contribution in [3.05, 3.63) is 88.5 Å². The van der Waals surface area contributed by atoms with Gasteiger partial charge in [-0.3, -0.25) is 4.79 Å². The van der Waals surface area contributed by atoms with Crippen molar-refractivity contribution < 1.29 is 9.90 Å². The number of phenolic OH excluding ortho intramolecular Hbond substituents is 1. The lowest BCUT2D eigenvalue weighted by Gasteiger charge is -2.27. The average molecular weight is 543 g/mol. The van der Waals surface area contributed by atoms with E-state index < -0.39 is 0 Å². The molecule has 2 N–H and O–H groups in total. The van der Waals surface area contributed by atoms with Crippen LogP contribution < -0.4 is 5.43 Å². The van der Waals surface area contributed by atoms with Crippen molar-refractivity contribution in [2.45, 2.75) is 71.0 Å². The Hall–Kier alpha value is -3.58. The highest BCUT2D eigenvalue weighted by Gasteiger charge is 2.26. The van der Waals surface area contributed by atoms with Gasteiger partial charge in [-0.05, 0) is 53.1 Å². The summed E-state index contributed by atoms with van der Waals surface area (Å²) in [6.07, 6.45) is 1.64. The Bertz CT molecular complexity index is 1470.